The van der Waals surface area contributed by atoms with Gasteiger partial charge in [-0.2, -0.15) is 0 Å². The lowest BCUT2D eigenvalue weighted by Crippen LogP contribution is -2.10. The monoisotopic (exact) mass is 246 g/mol. The normalized spacial score (nSPS) is 11.4. The standard InChI is InChI=1S/C10H15FN2O2S/c1-16(14,15)6-2-5-13-10-4-3-8(12)7-9(10)11/h3-4,7,13H,2,5-6,12H2,1H3. The summed E-state index contributed by atoms with van der Waals surface area (Å²) in [6.07, 6.45) is 1.62. The Bertz CT molecular complexity index is 460. The average Bonchev–Trinajstić information content (AvgIpc) is 2.13. The molecule has 0 saturated heterocycles. The van der Waals surface area contributed by atoms with Crippen LogP contribution in [0.1, 0.15) is 6.42 Å². The van der Waals surface area contributed by atoms with Crippen LogP contribution >= 0.6 is 0 Å². The van der Waals surface area contributed by atoms with Crippen molar-refractivity contribution < 1.29 is 12.8 Å². The van der Waals surface area contributed by atoms with E-state index in [0.717, 1.165) is 0 Å². The Morgan fingerprint density at radius 1 is 1.44 bits per heavy atom. The second-order valence-electron chi connectivity index (χ2n) is 3.65. The van der Waals surface area contributed by atoms with Crippen molar-refractivity contribution >= 4 is 21.2 Å². The molecule has 1 rings (SSSR count). The molecule has 90 valence electrons. The Hall–Kier alpha value is -1.30. The zero-order valence-corrected chi connectivity index (χ0v) is 9.85. The number of nitrogen functional groups attached to an aromatic ring is 1. The van der Waals surface area contributed by atoms with E-state index < -0.39 is 15.7 Å². The molecule has 0 heterocycles. The maximum absolute atomic E-state index is 13.3. The second-order valence-corrected chi connectivity index (χ2v) is 5.91. The van der Waals surface area contributed by atoms with Crippen LogP contribution < -0.4 is 11.1 Å². The minimum Gasteiger partial charge on any atom is -0.399 e. The van der Waals surface area contributed by atoms with Crippen LogP contribution in [0.15, 0.2) is 18.2 Å². The van der Waals surface area contributed by atoms with Crippen LogP contribution in [0.3, 0.4) is 0 Å². The first-order valence-electron chi connectivity index (χ1n) is 4.85. The molecule has 0 aliphatic heterocycles. The van der Waals surface area contributed by atoms with Gasteiger partial charge in [-0.25, -0.2) is 12.8 Å². The van der Waals surface area contributed by atoms with Crippen molar-refractivity contribution in [1.82, 2.24) is 0 Å². The molecule has 6 heteroatoms. The highest BCUT2D eigenvalue weighted by atomic mass is 32.2. The molecule has 0 spiro atoms. The molecule has 0 amide bonds. The van der Waals surface area contributed by atoms with E-state index >= 15 is 0 Å². The van der Waals surface area contributed by atoms with Crippen molar-refractivity contribution in [3.8, 4) is 0 Å². The first kappa shape index (κ1) is 12.8. The third-order valence-electron chi connectivity index (χ3n) is 2.00. The Labute approximate surface area is 94.6 Å². The zero-order valence-electron chi connectivity index (χ0n) is 9.03. The Kier molecular flexibility index (Phi) is 4.12. The number of sulfone groups is 1. The summed E-state index contributed by atoms with van der Waals surface area (Å²) in [5.74, 6) is -0.337. The molecule has 0 aliphatic rings. The van der Waals surface area contributed by atoms with E-state index in [2.05, 4.69) is 5.32 Å². The fraction of sp³-hybridized carbons (Fsp3) is 0.400. The predicted octanol–water partition coefficient (Wildman–Crippen LogP) is 1.25. The number of halogens is 1. The largest absolute Gasteiger partial charge is 0.399 e. The first-order valence-corrected chi connectivity index (χ1v) is 6.91. The lowest BCUT2D eigenvalue weighted by atomic mass is 10.2. The number of benzene rings is 1. The molecule has 16 heavy (non-hydrogen) atoms. The molecule has 3 N–H and O–H groups in total. The molecule has 1 aromatic rings. The Balaban J connectivity index is 2.43. The molecule has 1 aromatic carbocycles. The molecular weight excluding hydrogens is 231 g/mol. The summed E-state index contributed by atoms with van der Waals surface area (Å²) in [6, 6.07) is 4.34. The van der Waals surface area contributed by atoms with Gasteiger partial charge < -0.3 is 11.1 Å². The van der Waals surface area contributed by atoms with Crippen LogP contribution in [0, 0.1) is 5.82 Å². The van der Waals surface area contributed by atoms with Crippen LogP contribution in [0.25, 0.3) is 0 Å². The summed E-state index contributed by atoms with van der Waals surface area (Å²) < 4.78 is 34.9. The van der Waals surface area contributed by atoms with Crippen molar-refractivity contribution in [2.75, 3.05) is 29.6 Å². The van der Waals surface area contributed by atoms with Gasteiger partial charge in [-0.3, -0.25) is 0 Å². The molecule has 0 unspecified atom stereocenters. The number of hydrogen-bond acceptors (Lipinski definition) is 4. The number of nitrogens with one attached hydrogen (secondary N) is 1. The summed E-state index contributed by atoms with van der Waals surface area (Å²) in [5.41, 5.74) is 6.09. The van der Waals surface area contributed by atoms with Gasteiger partial charge in [0.05, 0.1) is 11.4 Å². The summed E-state index contributed by atoms with van der Waals surface area (Å²) in [6.45, 7) is 0.411. The van der Waals surface area contributed by atoms with Crippen LogP contribution in [-0.2, 0) is 9.84 Å². The topological polar surface area (TPSA) is 72.2 Å². The van der Waals surface area contributed by atoms with Crippen LogP contribution in [0.5, 0.6) is 0 Å². The minimum atomic E-state index is -2.95. The van der Waals surface area contributed by atoms with E-state index in [1.54, 1.807) is 6.07 Å². The molecule has 0 radical (unpaired) electrons. The molecule has 0 saturated carbocycles. The summed E-state index contributed by atoms with van der Waals surface area (Å²) >= 11 is 0. The predicted molar refractivity (Wildman–Crippen MR) is 63.6 cm³/mol. The summed E-state index contributed by atoms with van der Waals surface area (Å²) in [7, 11) is -2.95. The smallest absolute Gasteiger partial charge is 0.148 e. The van der Waals surface area contributed by atoms with E-state index in [-0.39, 0.29) is 5.75 Å². The summed E-state index contributed by atoms with van der Waals surface area (Å²) in [5, 5.41) is 2.82. The van der Waals surface area contributed by atoms with Gasteiger partial charge in [0.2, 0.25) is 0 Å². The Morgan fingerprint density at radius 3 is 2.69 bits per heavy atom. The highest BCUT2D eigenvalue weighted by Gasteiger charge is 2.03. The van der Waals surface area contributed by atoms with Gasteiger partial charge in [0.1, 0.15) is 15.7 Å². The van der Waals surface area contributed by atoms with Crippen LogP contribution in [-0.4, -0.2) is 27.0 Å². The number of hydrogen-bond donors (Lipinski definition) is 2. The van der Waals surface area contributed by atoms with Crippen LogP contribution in [0.4, 0.5) is 15.8 Å². The van der Waals surface area contributed by atoms with Crippen molar-refractivity contribution in [2.24, 2.45) is 0 Å². The highest BCUT2D eigenvalue weighted by molar-refractivity contribution is 7.90. The van der Waals surface area contributed by atoms with Gasteiger partial charge in [0, 0.05) is 18.5 Å². The molecule has 0 atom stereocenters. The highest BCUT2D eigenvalue weighted by Crippen LogP contribution is 2.16. The number of rotatable bonds is 5. The third-order valence-corrected chi connectivity index (χ3v) is 3.03. The molecular formula is C10H15FN2O2S. The van der Waals surface area contributed by atoms with Crippen molar-refractivity contribution in [3.05, 3.63) is 24.0 Å². The molecule has 0 aromatic heterocycles. The molecule has 0 aliphatic carbocycles. The zero-order chi connectivity index (χ0) is 12.2. The van der Waals surface area contributed by atoms with Gasteiger partial charge in [0.15, 0.2) is 0 Å². The van der Waals surface area contributed by atoms with Gasteiger partial charge in [-0.1, -0.05) is 0 Å². The fourth-order valence-electron chi connectivity index (χ4n) is 1.23. The quantitative estimate of drug-likeness (QED) is 0.606. The summed E-state index contributed by atoms with van der Waals surface area (Å²) in [4.78, 5) is 0. The molecule has 4 nitrogen and oxygen atoms in total. The van der Waals surface area contributed by atoms with E-state index in [1.165, 1.54) is 18.4 Å². The molecule has 0 fully saturated rings. The van der Waals surface area contributed by atoms with Crippen molar-refractivity contribution in [1.29, 1.82) is 0 Å². The van der Waals surface area contributed by atoms with Gasteiger partial charge in [0.25, 0.3) is 0 Å². The number of nitrogens with two attached hydrogens (primary N) is 1. The minimum absolute atomic E-state index is 0.0938. The number of anilines is 2. The lowest BCUT2D eigenvalue weighted by Gasteiger charge is -2.07. The van der Waals surface area contributed by atoms with E-state index in [9.17, 15) is 12.8 Å². The van der Waals surface area contributed by atoms with Gasteiger partial charge in [-0.05, 0) is 24.6 Å². The maximum atomic E-state index is 13.3. The van der Waals surface area contributed by atoms with Crippen molar-refractivity contribution in [2.45, 2.75) is 6.42 Å². The van der Waals surface area contributed by atoms with E-state index in [0.29, 0.717) is 24.3 Å². The molecule has 0 bridgehead atoms. The lowest BCUT2D eigenvalue weighted by molar-refractivity contribution is 0.600. The van der Waals surface area contributed by atoms with Crippen LogP contribution in [0.2, 0.25) is 0 Å². The van der Waals surface area contributed by atoms with Gasteiger partial charge in [-0.15, -0.1) is 0 Å². The van der Waals surface area contributed by atoms with Gasteiger partial charge >= 0.3 is 0 Å². The SMILES string of the molecule is CS(=O)(=O)CCCNc1ccc(N)cc1F. The maximum Gasteiger partial charge on any atom is 0.148 e. The third kappa shape index (κ3) is 4.48. The fourth-order valence-corrected chi connectivity index (χ4v) is 1.90. The van der Waals surface area contributed by atoms with Crippen molar-refractivity contribution in [3.63, 3.8) is 0 Å². The average molecular weight is 246 g/mol. The first-order chi connectivity index (χ1) is 7.38. The second kappa shape index (κ2) is 5.16. The van der Waals surface area contributed by atoms with E-state index in [1.807, 2.05) is 0 Å². The van der Waals surface area contributed by atoms with E-state index in [4.69, 9.17) is 5.73 Å². The Morgan fingerprint density at radius 2 is 2.12 bits per heavy atom.